The molecule has 3 rings (SSSR count). The molecule has 0 amide bonds. The molecular formula is C16H13ClN2OS. The number of hydrogen-bond acceptors (Lipinski definition) is 4. The van der Waals surface area contributed by atoms with Gasteiger partial charge in [-0.3, -0.25) is 0 Å². The fourth-order valence-corrected chi connectivity index (χ4v) is 2.95. The number of halogens is 1. The lowest BCUT2D eigenvalue weighted by molar-refractivity contribution is 0.344. The SMILES string of the molecule is Clc1cccc(OCCSc2nncc3ccccc23)c1. The van der Waals surface area contributed by atoms with Crippen molar-refractivity contribution in [1.82, 2.24) is 10.2 Å². The van der Waals surface area contributed by atoms with E-state index in [9.17, 15) is 0 Å². The fourth-order valence-electron chi connectivity index (χ4n) is 1.96. The van der Waals surface area contributed by atoms with E-state index in [1.54, 1.807) is 18.0 Å². The van der Waals surface area contributed by atoms with Crippen LogP contribution in [0.15, 0.2) is 59.8 Å². The van der Waals surface area contributed by atoms with Crippen LogP contribution in [-0.4, -0.2) is 22.6 Å². The van der Waals surface area contributed by atoms with E-state index < -0.39 is 0 Å². The molecule has 0 atom stereocenters. The Kier molecular flexibility index (Phi) is 4.58. The predicted molar refractivity (Wildman–Crippen MR) is 87.2 cm³/mol. The van der Waals surface area contributed by atoms with E-state index in [4.69, 9.17) is 16.3 Å². The highest BCUT2D eigenvalue weighted by atomic mass is 35.5. The van der Waals surface area contributed by atoms with Crippen molar-refractivity contribution in [2.24, 2.45) is 0 Å². The third kappa shape index (κ3) is 3.65. The second-order valence-electron chi connectivity index (χ2n) is 4.39. The molecule has 0 aliphatic heterocycles. The zero-order valence-electron chi connectivity index (χ0n) is 11.2. The number of rotatable bonds is 5. The Morgan fingerprint density at radius 3 is 2.90 bits per heavy atom. The normalized spacial score (nSPS) is 10.7. The summed E-state index contributed by atoms with van der Waals surface area (Å²) in [7, 11) is 0. The molecule has 0 radical (unpaired) electrons. The van der Waals surface area contributed by atoms with Crippen LogP contribution in [0.3, 0.4) is 0 Å². The van der Waals surface area contributed by atoms with Crippen molar-refractivity contribution in [3.05, 3.63) is 59.8 Å². The van der Waals surface area contributed by atoms with Crippen LogP contribution < -0.4 is 4.74 Å². The molecule has 0 aliphatic rings. The van der Waals surface area contributed by atoms with Crippen molar-refractivity contribution in [3.63, 3.8) is 0 Å². The Hall–Kier alpha value is -1.78. The van der Waals surface area contributed by atoms with Crippen molar-refractivity contribution in [2.75, 3.05) is 12.4 Å². The number of benzene rings is 2. The number of ether oxygens (including phenoxy) is 1. The summed E-state index contributed by atoms with van der Waals surface area (Å²) in [4.78, 5) is 0. The third-order valence-corrected chi connectivity index (χ3v) is 4.10. The molecule has 0 saturated heterocycles. The van der Waals surface area contributed by atoms with Crippen LogP contribution in [0.1, 0.15) is 0 Å². The summed E-state index contributed by atoms with van der Waals surface area (Å²) in [5.74, 6) is 1.59. The molecule has 0 N–H and O–H groups in total. The summed E-state index contributed by atoms with van der Waals surface area (Å²) < 4.78 is 5.67. The molecule has 1 aromatic heterocycles. The molecule has 1 heterocycles. The zero-order chi connectivity index (χ0) is 14.5. The highest BCUT2D eigenvalue weighted by Crippen LogP contribution is 2.24. The van der Waals surface area contributed by atoms with E-state index in [-0.39, 0.29) is 0 Å². The first kappa shape index (κ1) is 14.2. The van der Waals surface area contributed by atoms with Gasteiger partial charge in [0.2, 0.25) is 0 Å². The summed E-state index contributed by atoms with van der Waals surface area (Å²) in [6.45, 7) is 0.593. The van der Waals surface area contributed by atoms with E-state index in [1.165, 1.54) is 0 Å². The Morgan fingerprint density at radius 2 is 2.00 bits per heavy atom. The monoisotopic (exact) mass is 316 g/mol. The molecule has 5 heteroatoms. The average molecular weight is 317 g/mol. The quantitative estimate of drug-likeness (QED) is 0.514. The molecule has 3 aromatic rings. The van der Waals surface area contributed by atoms with Crippen LogP contribution in [-0.2, 0) is 0 Å². The van der Waals surface area contributed by atoms with E-state index in [0.29, 0.717) is 11.6 Å². The van der Waals surface area contributed by atoms with Crippen LogP contribution in [0.4, 0.5) is 0 Å². The molecule has 3 nitrogen and oxygen atoms in total. The zero-order valence-corrected chi connectivity index (χ0v) is 12.8. The predicted octanol–water partition coefficient (Wildman–Crippen LogP) is 4.45. The minimum atomic E-state index is 0.593. The van der Waals surface area contributed by atoms with E-state index in [1.807, 2.05) is 42.5 Å². The molecule has 0 saturated carbocycles. The molecule has 0 aliphatic carbocycles. The lowest BCUT2D eigenvalue weighted by Gasteiger charge is -2.07. The third-order valence-electron chi connectivity index (χ3n) is 2.92. The van der Waals surface area contributed by atoms with Gasteiger partial charge in [-0.15, -0.1) is 16.9 Å². The lowest BCUT2D eigenvalue weighted by Crippen LogP contribution is -2.00. The summed E-state index contributed by atoms with van der Waals surface area (Å²) >= 11 is 7.56. The minimum Gasteiger partial charge on any atom is -0.493 e. The van der Waals surface area contributed by atoms with Gasteiger partial charge in [0.25, 0.3) is 0 Å². The number of aromatic nitrogens is 2. The minimum absolute atomic E-state index is 0.593. The molecule has 0 spiro atoms. The summed E-state index contributed by atoms with van der Waals surface area (Å²) in [6, 6.07) is 15.5. The molecule has 21 heavy (non-hydrogen) atoms. The molecule has 0 fully saturated rings. The van der Waals surface area contributed by atoms with Crippen molar-refractivity contribution in [2.45, 2.75) is 5.03 Å². The van der Waals surface area contributed by atoms with Gasteiger partial charge in [-0.05, 0) is 18.2 Å². The highest BCUT2D eigenvalue weighted by molar-refractivity contribution is 7.99. The lowest BCUT2D eigenvalue weighted by atomic mass is 10.2. The van der Waals surface area contributed by atoms with Crippen LogP contribution in [0.2, 0.25) is 5.02 Å². The number of hydrogen-bond donors (Lipinski definition) is 0. The average Bonchev–Trinajstić information content (AvgIpc) is 2.52. The summed E-state index contributed by atoms with van der Waals surface area (Å²) in [5.41, 5.74) is 0. The largest absolute Gasteiger partial charge is 0.493 e. The fraction of sp³-hybridized carbons (Fsp3) is 0.125. The first-order chi connectivity index (χ1) is 10.3. The molecular weight excluding hydrogens is 304 g/mol. The Bertz CT molecular complexity index is 746. The van der Waals surface area contributed by atoms with Gasteiger partial charge in [0.05, 0.1) is 12.8 Å². The maximum Gasteiger partial charge on any atom is 0.127 e. The maximum absolute atomic E-state index is 5.92. The standard InChI is InChI=1S/C16H13ClN2OS/c17-13-5-3-6-14(10-13)20-8-9-21-16-15-7-2-1-4-12(15)11-18-19-16/h1-7,10-11H,8-9H2. The summed E-state index contributed by atoms with van der Waals surface area (Å²) in [6.07, 6.45) is 1.78. The number of nitrogens with zero attached hydrogens (tertiary/aromatic N) is 2. The smallest absolute Gasteiger partial charge is 0.127 e. The molecule has 0 unspecified atom stereocenters. The van der Waals surface area contributed by atoms with E-state index >= 15 is 0 Å². The highest BCUT2D eigenvalue weighted by Gasteiger charge is 2.03. The van der Waals surface area contributed by atoms with Crippen molar-refractivity contribution >= 4 is 34.1 Å². The number of thioether (sulfide) groups is 1. The van der Waals surface area contributed by atoms with Gasteiger partial charge >= 0.3 is 0 Å². The van der Waals surface area contributed by atoms with Crippen molar-refractivity contribution in [1.29, 1.82) is 0 Å². The van der Waals surface area contributed by atoms with Gasteiger partial charge in [0, 0.05) is 21.5 Å². The Labute approximate surface area is 132 Å². The van der Waals surface area contributed by atoms with Gasteiger partial charge in [-0.25, -0.2) is 0 Å². The van der Waals surface area contributed by atoms with Gasteiger partial charge in [-0.2, -0.15) is 5.10 Å². The number of fused-ring (bicyclic) bond motifs is 1. The van der Waals surface area contributed by atoms with Crippen LogP contribution in [0, 0.1) is 0 Å². The first-order valence-corrected chi connectivity index (χ1v) is 7.91. The second kappa shape index (κ2) is 6.78. The first-order valence-electron chi connectivity index (χ1n) is 6.54. The van der Waals surface area contributed by atoms with E-state index in [0.717, 1.165) is 27.3 Å². The Balaban J connectivity index is 1.60. The van der Waals surface area contributed by atoms with Crippen molar-refractivity contribution in [3.8, 4) is 5.75 Å². The summed E-state index contributed by atoms with van der Waals surface area (Å²) in [5, 5.41) is 12.1. The van der Waals surface area contributed by atoms with Crippen LogP contribution in [0.5, 0.6) is 5.75 Å². The Morgan fingerprint density at radius 1 is 1.10 bits per heavy atom. The van der Waals surface area contributed by atoms with Crippen LogP contribution in [0.25, 0.3) is 10.8 Å². The molecule has 2 aromatic carbocycles. The topological polar surface area (TPSA) is 35.0 Å². The molecule has 106 valence electrons. The maximum atomic E-state index is 5.92. The van der Waals surface area contributed by atoms with Gasteiger partial charge in [-0.1, -0.05) is 41.9 Å². The van der Waals surface area contributed by atoms with E-state index in [2.05, 4.69) is 16.3 Å². The van der Waals surface area contributed by atoms with Crippen LogP contribution >= 0.6 is 23.4 Å². The van der Waals surface area contributed by atoms with Gasteiger partial charge in [0.1, 0.15) is 10.8 Å². The van der Waals surface area contributed by atoms with Crippen molar-refractivity contribution < 1.29 is 4.74 Å². The van der Waals surface area contributed by atoms with Gasteiger partial charge in [0.15, 0.2) is 0 Å². The van der Waals surface area contributed by atoms with Gasteiger partial charge < -0.3 is 4.74 Å². The second-order valence-corrected chi connectivity index (χ2v) is 5.91. The molecule has 0 bridgehead atoms.